The van der Waals surface area contributed by atoms with Gasteiger partial charge in [-0.25, -0.2) is 4.79 Å². The lowest BCUT2D eigenvalue weighted by Crippen LogP contribution is -2.38. The summed E-state index contributed by atoms with van der Waals surface area (Å²) in [5, 5.41) is 12.1. The van der Waals surface area contributed by atoms with Crippen LogP contribution in [0, 0.1) is 11.3 Å². The van der Waals surface area contributed by atoms with Crippen LogP contribution < -0.4 is 11.1 Å². The molecule has 1 heterocycles. The summed E-state index contributed by atoms with van der Waals surface area (Å²) in [5.74, 6) is 0. The maximum Gasteiger partial charge on any atom is 0.322 e. The molecule has 1 aliphatic heterocycles. The zero-order valence-corrected chi connectivity index (χ0v) is 11.2. The van der Waals surface area contributed by atoms with E-state index in [9.17, 15) is 10.1 Å². The van der Waals surface area contributed by atoms with Crippen LogP contribution in [0.15, 0.2) is 18.2 Å². The quantitative estimate of drug-likeness (QED) is 0.867. The van der Waals surface area contributed by atoms with Gasteiger partial charge in [0.05, 0.1) is 11.5 Å². The summed E-state index contributed by atoms with van der Waals surface area (Å²) in [6.45, 7) is 5.27. The molecule has 0 radical (unpaired) electrons. The topological polar surface area (TPSA) is 82.2 Å². The minimum Gasteiger partial charge on any atom is -0.329 e. The molecule has 5 nitrogen and oxygen atoms in total. The fraction of sp³-hybridized carbons (Fsp3) is 0.429. The van der Waals surface area contributed by atoms with E-state index in [1.165, 1.54) is 0 Å². The molecule has 1 aromatic rings. The second-order valence-corrected chi connectivity index (χ2v) is 4.96. The van der Waals surface area contributed by atoms with Gasteiger partial charge in [-0.3, -0.25) is 0 Å². The van der Waals surface area contributed by atoms with E-state index in [4.69, 9.17) is 5.73 Å². The standard InChI is InChI=1S/C14H18N4O/c1-3-18-7-10-4-5-11(14(2,8-15)9-16)6-12(10)17-13(18)19/h4-6H,3,7-8,15H2,1-2H3,(H,17,19). The number of anilines is 1. The average Bonchev–Trinajstić information content (AvgIpc) is 2.45. The zero-order valence-electron chi connectivity index (χ0n) is 11.2. The first-order valence-electron chi connectivity index (χ1n) is 6.34. The molecule has 0 bridgehead atoms. The number of benzene rings is 1. The van der Waals surface area contributed by atoms with Crippen LogP contribution in [0.4, 0.5) is 10.5 Å². The average molecular weight is 258 g/mol. The molecule has 0 saturated heterocycles. The Bertz CT molecular complexity index is 549. The first-order valence-corrected chi connectivity index (χ1v) is 6.34. The summed E-state index contributed by atoms with van der Waals surface area (Å²) in [4.78, 5) is 13.5. The van der Waals surface area contributed by atoms with Gasteiger partial charge in [-0.05, 0) is 31.0 Å². The lowest BCUT2D eigenvalue weighted by molar-refractivity contribution is 0.210. The Hall–Kier alpha value is -2.06. The van der Waals surface area contributed by atoms with Crippen molar-refractivity contribution in [3.63, 3.8) is 0 Å². The summed E-state index contributed by atoms with van der Waals surface area (Å²) >= 11 is 0. The number of nitriles is 1. The smallest absolute Gasteiger partial charge is 0.322 e. The summed E-state index contributed by atoms with van der Waals surface area (Å²) in [6.07, 6.45) is 0. The molecular formula is C14H18N4O. The second-order valence-electron chi connectivity index (χ2n) is 4.96. The Balaban J connectivity index is 2.39. The van der Waals surface area contributed by atoms with Crippen molar-refractivity contribution in [3.05, 3.63) is 29.3 Å². The largest absolute Gasteiger partial charge is 0.329 e. The first-order chi connectivity index (χ1) is 9.04. The molecule has 0 fully saturated rings. The number of nitrogens with two attached hydrogens (primary N) is 1. The van der Waals surface area contributed by atoms with Gasteiger partial charge >= 0.3 is 6.03 Å². The highest BCUT2D eigenvalue weighted by molar-refractivity contribution is 5.92. The summed E-state index contributed by atoms with van der Waals surface area (Å²) in [5.41, 5.74) is 7.63. The summed E-state index contributed by atoms with van der Waals surface area (Å²) in [7, 11) is 0. The number of amides is 2. The van der Waals surface area contributed by atoms with Gasteiger partial charge in [0.2, 0.25) is 0 Å². The molecule has 5 heteroatoms. The zero-order chi connectivity index (χ0) is 14.0. The maximum atomic E-state index is 11.8. The number of nitrogens with zero attached hydrogens (tertiary/aromatic N) is 2. The van der Waals surface area contributed by atoms with Gasteiger partial charge in [0.15, 0.2) is 0 Å². The van der Waals surface area contributed by atoms with E-state index in [-0.39, 0.29) is 12.6 Å². The predicted octanol–water partition coefficient (Wildman–Crippen LogP) is 1.79. The van der Waals surface area contributed by atoms with Crippen molar-refractivity contribution in [1.82, 2.24) is 4.90 Å². The number of rotatable bonds is 3. The highest BCUT2D eigenvalue weighted by Crippen LogP contribution is 2.30. The van der Waals surface area contributed by atoms with Crippen LogP contribution in [0.1, 0.15) is 25.0 Å². The molecule has 100 valence electrons. The van der Waals surface area contributed by atoms with Crippen molar-refractivity contribution in [2.75, 3.05) is 18.4 Å². The molecule has 2 rings (SSSR count). The molecule has 1 unspecified atom stereocenters. The molecule has 19 heavy (non-hydrogen) atoms. The van der Waals surface area contributed by atoms with E-state index in [0.29, 0.717) is 13.1 Å². The van der Waals surface area contributed by atoms with Gasteiger partial charge in [0, 0.05) is 25.3 Å². The van der Waals surface area contributed by atoms with Gasteiger partial charge in [0.1, 0.15) is 0 Å². The molecule has 1 aromatic carbocycles. The predicted molar refractivity (Wildman–Crippen MR) is 73.6 cm³/mol. The Morgan fingerprint density at radius 1 is 1.58 bits per heavy atom. The summed E-state index contributed by atoms with van der Waals surface area (Å²) in [6, 6.07) is 7.87. The third kappa shape index (κ3) is 2.27. The van der Waals surface area contributed by atoms with Crippen molar-refractivity contribution in [2.45, 2.75) is 25.8 Å². The van der Waals surface area contributed by atoms with Crippen LogP contribution in [-0.4, -0.2) is 24.0 Å². The van der Waals surface area contributed by atoms with Crippen LogP contribution >= 0.6 is 0 Å². The van der Waals surface area contributed by atoms with E-state index in [1.54, 1.807) is 11.8 Å². The van der Waals surface area contributed by atoms with Crippen LogP contribution in [0.3, 0.4) is 0 Å². The Morgan fingerprint density at radius 2 is 2.32 bits per heavy atom. The van der Waals surface area contributed by atoms with Crippen LogP contribution in [0.25, 0.3) is 0 Å². The fourth-order valence-corrected chi connectivity index (χ4v) is 2.13. The molecule has 0 aromatic heterocycles. The van der Waals surface area contributed by atoms with E-state index in [2.05, 4.69) is 11.4 Å². The van der Waals surface area contributed by atoms with Gasteiger partial charge in [-0.1, -0.05) is 12.1 Å². The number of hydrogen-bond donors (Lipinski definition) is 2. The number of fused-ring (bicyclic) bond motifs is 1. The van der Waals surface area contributed by atoms with Gasteiger partial charge < -0.3 is 16.0 Å². The Kier molecular flexibility index (Phi) is 3.45. The number of nitrogens with one attached hydrogen (secondary N) is 1. The van der Waals surface area contributed by atoms with Crippen LogP contribution in [0.2, 0.25) is 0 Å². The molecule has 1 aliphatic rings. The third-order valence-corrected chi connectivity index (χ3v) is 3.67. The van der Waals surface area contributed by atoms with Crippen LogP contribution in [-0.2, 0) is 12.0 Å². The minimum absolute atomic E-state index is 0.0986. The number of carbonyl (C=O) groups excluding carboxylic acids is 1. The molecule has 0 aliphatic carbocycles. The lowest BCUT2D eigenvalue weighted by Gasteiger charge is -2.30. The maximum absolute atomic E-state index is 11.8. The molecular weight excluding hydrogens is 240 g/mol. The Morgan fingerprint density at radius 3 is 2.89 bits per heavy atom. The van der Waals surface area contributed by atoms with Crippen molar-refractivity contribution >= 4 is 11.7 Å². The monoisotopic (exact) mass is 258 g/mol. The Labute approximate surface area is 113 Å². The SMILES string of the molecule is CCN1Cc2ccc(C(C)(C#N)CN)cc2NC1=O. The number of carbonyl (C=O) groups is 1. The van der Waals surface area contributed by atoms with E-state index in [0.717, 1.165) is 16.8 Å². The van der Waals surface area contributed by atoms with Crippen molar-refractivity contribution in [1.29, 1.82) is 5.26 Å². The number of hydrogen-bond acceptors (Lipinski definition) is 3. The van der Waals surface area contributed by atoms with E-state index >= 15 is 0 Å². The highest BCUT2D eigenvalue weighted by Gasteiger charge is 2.27. The first kappa shape index (κ1) is 13.4. The second kappa shape index (κ2) is 4.90. The summed E-state index contributed by atoms with van der Waals surface area (Å²) < 4.78 is 0. The van der Waals surface area contributed by atoms with E-state index in [1.807, 2.05) is 25.1 Å². The molecule has 2 amide bonds. The lowest BCUT2D eigenvalue weighted by atomic mass is 9.83. The molecule has 3 N–H and O–H groups in total. The van der Waals surface area contributed by atoms with E-state index < -0.39 is 5.41 Å². The van der Waals surface area contributed by atoms with Crippen LogP contribution in [0.5, 0.6) is 0 Å². The van der Waals surface area contributed by atoms with Gasteiger partial charge in [-0.15, -0.1) is 0 Å². The fourth-order valence-electron chi connectivity index (χ4n) is 2.13. The van der Waals surface area contributed by atoms with Gasteiger partial charge in [0.25, 0.3) is 0 Å². The minimum atomic E-state index is -0.721. The van der Waals surface area contributed by atoms with Crippen molar-refractivity contribution in [3.8, 4) is 6.07 Å². The molecule has 0 spiro atoms. The molecule has 0 saturated carbocycles. The van der Waals surface area contributed by atoms with Gasteiger partial charge in [-0.2, -0.15) is 5.26 Å². The van der Waals surface area contributed by atoms with Crippen molar-refractivity contribution in [2.24, 2.45) is 5.73 Å². The molecule has 1 atom stereocenters. The number of urea groups is 1. The normalized spacial score (nSPS) is 17.2. The highest BCUT2D eigenvalue weighted by atomic mass is 16.2. The van der Waals surface area contributed by atoms with Crippen molar-refractivity contribution < 1.29 is 4.79 Å². The third-order valence-electron chi connectivity index (χ3n) is 3.67.